The van der Waals surface area contributed by atoms with Gasteiger partial charge in [-0.25, -0.2) is 0 Å². The SMILES string of the molecule is CC(C)n1c2ccccc2c2c1cc(C(=O)NC[C@H]1CCCO1)n2C. The molecule has 0 aliphatic carbocycles. The number of carbonyl (C=O) groups is 1. The zero-order chi connectivity index (χ0) is 17.6. The van der Waals surface area contributed by atoms with Crippen molar-refractivity contribution in [1.29, 1.82) is 0 Å². The predicted molar refractivity (Wildman–Crippen MR) is 100 cm³/mol. The largest absolute Gasteiger partial charge is 0.376 e. The zero-order valence-corrected chi connectivity index (χ0v) is 15.1. The van der Waals surface area contributed by atoms with Crippen molar-refractivity contribution < 1.29 is 9.53 Å². The number of ether oxygens (including phenoxy) is 1. The molecule has 1 saturated heterocycles. The van der Waals surface area contributed by atoms with Crippen LogP contribution in [0.15, 0.2) is 30.3 Å². The number of hydrogen-bond acceptors (Lipinski definition) is 2. The standard InChI is InChI=1S/C20H25N3O2/c1-13(2)23-16-9-5-4-8-15(16)19-17(23)11-18(22(19)3)20(24)21-12-14-7-6-10-25-14/h4-5,8-9,11,13-14H,6-7,10,12H2,1-3H3,(H,21,24)/t14-/m1/s1. The smallest absolute Gasteiger partial charge is 0.268 e. The average molecular weight is 339 g/mol. The van der Waals surface area contributed by atoms with Gasteiger partial charge in [0.15, 0.2) is 0 Å². The maximum absolute atomic E-state index is 12.7. The summed E-state index contributed by atoms with van der Waals surface area (Å²) in [6.07, 6.45) is 2.27. The van der Waals surface area contributed by atoms with E-state index in [1.165, 1.54) is 10.9 Å². The fourth-order valence-corrected chi connectivity index (χ4v) is 3.98. The fraction of sp³-hybridized carbons (Fsp3) is 0.450. The molecule has 1 aromatic carbocycles. The van der Waals surface area contributed by atoms with E-state index in [0.29, 0.717) is 18.3 Å². The molecular formula is C20H25N3O2. The van der Waals surface area contributed by atoms with Crippen molar-refractivity contribution in [2.45, 2.75) is 38.8 Å². The van der Waals surface area contributed by atoms with Gasteiger partial charge in [-0.1, -0.05) is 18.2 Å². The maximum atomic E-state index is 12.7. The molecule has 0 saturated carbocycles. The van der Waals surface area contributed by atoms with E-state index in [-0.39, 0.29) is 12.0 Å². The number of aromatic nitrogens is 2. The number of rotatable bonds is 4. The van der Waals surface area contributed by atoms with Crippen molar-refractivity contribution in [3.05, 3.63) is 36.0 Å². The van der Waals surface area contributed by atoms with Gasteiger partial charge in [-0.15, -0.1) is 0 Å². The molecule has 25 heavy (non-hydrogen) atoms. The third kappa shape index (κ3) is 2.63. The summed E-state index contributed by atoms with van der Waals surface area (Å²) in [4.78, 5) is 12.7. The number of para-hydroxylation sites is 1. The van der Waals surface area contributed by atoms with Gasteiger partial charge in [0, 0.05) is 31.6 Å². The normalized spacial score (nSPS) is 17.8. The van der Waals surface area contributed by atoms with Gasteiger partial charge in [0.1, 0.15) is 5.69 Å². The lowest BCUT2D eigenvalue weighted by Crippen LogP contribution is -2.32. The molecule has 0 spiro atoms. The zero-order valence-electron chi connectivity index (χ0n) is 15.1. The summed E-state index contributed by atoms with van der Waals surface area (Å²) >= 11 is 0. The summed E-state index contributed by atoms with van der Waals surface area (Å²) in [6.45, 7) is 5.74. The van der Waals surface area contributed by atoms with Crippen LogP contribution >= 0.6 is 0 Å². The highest BCUT2D eigenvalue weighted by Crippen LogP contribution is 2.33. The van der Waals surface area contributed by atoms with Crippen molar-refractivity contribution in [3.63, 3.8) is 0 Å². The molecule has 132 valence electrons. The summed E-state index contributed by atoms with van der Waals surface area (Å²) in [5, 5.41) is 4.22. The predicted octanol–water partition coefficient (Wildman–Crippen LogP) is 3.62. The number of nitrogens with one attached hydrogen (secondary N) is 1. The van der Waals surface area contributed by atoms with E-state index in [2.05, 4.69) is 48.0 Å². The summed E-state index contributed by atoms with van der Waals surface area (Å²) < 4.78 is 9.92. The minimum Gasteiger partial charge on any atom is -0.376 e. The average Bonchev–Trinajstić information content (AvgIpc) is 3.28. The van der Waals surface area contributed by atoms with Crippen molar-refractivity contribution in [2.75, 3.05) is 13.2 Å². The number of hydrogen-bond donors (Lipinski definition) is 1. The Morgan fingerprint density at radius 1 is 1.32 bits per heavy atom. The highest BCUT2D eigenvalue weighted by Gasteiger charge is 2.22. The van der Waals surface area contributed by atoms with E-state index in [0.717, 1.165) is 30.5 Å². The summed E-state index contributed by atoms with van der Waals surface area (Å²) in [5.74, 6) is -0.0337. The molecule has 3 aromatic rings. The Labute approximate surface area is 147 Å². The molecule has 1 N–H and O–H groups in total. The van der Waals surface area contributed by atoms with Gasteiger partial charge in [-0.3, -0.25) is 4.79 Å². The van der Waals surface area contributed by atoms with Crippen LogP contribution in [0.3, 0.4) is 0 Å². The number of nitrogens with zero attached hydrogens (tertiary/aromatic N) is 2. The van der Waals surface area contributed by atoms with E-state index in [9.17, 15) is 4.79 Å². The highest BCUT2D eigenvalue weighted by atomic mass is 16.5. The first kappa shape index (κ1) is 16.2. The lowest BCUT2D eigenvalue weighted by molar-refractivity contribution is 0.0851. The van der Waals surface area contributed by atoms with Crippen LogP contribution in [0.2, 0.25) is 0 Å². The molecule has 5 nitrogen and oxygen atoms in total. The molecule has 1 fully saturated rings. The van der Waals surface area contributed by atoms with Gasteiger partial charge < -0.3 is 19.2 Å². The van der Waals surface area contributed by atoms with Crippen LogP contribution < -0.4 is 5.32 Å². The Morgan fingerprint density at radius 3 is 2.84 bits per heavy atom. The first-order chi connectivity index (χ1) is 12.1. The molecule has 0 bridgehead atoms. The molecule has 1 amide bonds. The van der Waals surface area contributed by atoms with Crippen LogP contribution in [0, 0.1) is 0 Å². The van der Waals surface area contributed by atoms with E-state index in [1.807, 2.05) is 17.7 Å². The molecule has 1 aliphatic rings. The van der Waals surface area contributed by atoms with E-state index < -0.39 is 0 Å². The lowest BCUT2D eigenvalue weighted by Gasteiger charge is -2.12. The van der Waals surface area contributed by atoms with Crippen LogP contribution in [0.25, 0.3) is 21.9 Å². The Bertz CT molecular complexity index is 929. The third-order valence-corrected chi connectivity index (χ3v) is 5.15. The third-order valence-electron chi connectivity index (χ3n) is 5.15. The quantitative estimate of drug-likeness (QED) is 0.789. The minimum atomic E-state index is -0.0337. The van der Waals surface area contributed by atoms with Crippen LogP contribution in [-0.2, 0) is 11.8 Å². The van der Waals surface area contributed by atoms with Gasteiger partial charge in [0.05, 0.1) is 22.7 Å². The molecular weight excluding hydrogens is 314 g/mol. The van der Waals surface area contributed by atoms with E-state index in [1.54, 1.807) is 0 Å². The first-order valence-corrected chi connectivity index (χ1v) is 9.06. The van der Waals surface area contributed by atoms with Gasteiger partial charge in [0.25, 0.3) is 5.91 Å². The van der Waals surface area contributed by atoms with Crippen molar-refractivity contribution in [1.82, 2.24) is 14.5 Å². The number of amides is 1. The summed E-state index contributed by atoms with van der Waals surface area (Å²) in [5.41, 5.74) is 4.14. The Morgan fingerprint density at radius 2 is 2.12 bits per heavy atom. The Kier molecular flexibility index (Phi) is 4.04. The van der Waals surface area contributed by atoms with Crippen LogP contribution in [-0.4, -0.2) is 34.3 Å². The minimum absolute atomic E-state index is 0.0337. The van der Waals surface area contributed by atoms with Crippen LogP contribution in [0.5, 0.6) is 0 Å². The topological polar surface area (TPSA) is 48.2 Å². The fourth-order valence-electron chi connectivity index (χ4n) is 3.98. The molecule has 4 rings (SSSR count). The summed E-state index contributed by atoms with van der Waals surface area (Å²) in [6, 6.07) is 10.7. The number of benzene rings is 1. The molecule has 0 radical (unpaired) electrons. The Balaban J connectivity index is 1.74. The van der Waals surface area contributed by atoms with Crippen molar-refractivity contribution >= 4 is 27.8 Å². The van der Waals surface area contributed by atoms with E-state index in [4.69, 9.17) is 4.74 Å². The van der Waals surface area contributed by atoms with Crippen LogP contribution in [0.4, 0.5) is 0 Å². The molecule has 1 aliphatic heterocycles. The first-order valence-electron chi connectivity index (χ1n) is 9.06. The second-order valence-electron chi connectivity index (χ2n) is 7.15. The van der Waals surface area contributed by atoms with Gasteiger partial charge in [0.2, 0.25) is 0 Å². The maximum Gasteiger partial charge on any atom is 0.268 e. The molecule has 0 unspecified atom stereocenters. The number of carbonyl (C=O) groups excluding carboxylic acids is 1. The van der Waals surface area contributed by atoms with Crippen molar-refractivity contribution in [2.24, 2.45) is 7.05 Å². The molecule has 5 heteroatoms. The Hall–Kier alpha value is -2.27. The molecule has 2 aromatic heterocycles. The second-order valence-corrected chi connectivity index (χ2v) is 7.15. The van der Waals surface area contributed by atoms with E-state index >= 15 is 0 Å². The number of aryl methyl sites for hydroxylation is 1. The van der Waals surface area contributed by atoms with Gasteiger partial charge in [-0.05, 0) is 38.8 Å². The molecule has 1 atom stereocenters. The summed E-state index contributed by atoms with van der Waals surface area (Å²) in [7, 11) is 1.97. The van der Waals surface area contributed by atoms with Gasteiger partial charge in [-0.2, -0.15) is 0 Å². The monoisotopic (exact) mass is 339 g/mol. The van der Waals surface area contributed by atoms with Crippen molar-refractivity contribution in [3.8, 4) is 0 Å². The highest BCUT2D eigenvalue weighted by molar-refractivity contribution is 6.10. The molecule has 3 heterocycles. The number of fused-ring (bicyclic) bond motifs is 3. The van der Waals surface area contributed by atoms with Crippen LogP contribution in [0.1, 0.15) is 43.2 Å². The second kappa shape index (κ2) is 6.23. The lowest BCUT2D eigenvalue weighted by atomic mass is 10.2. The van der Waals surface area contributed by atoms with Gasteiger partial charge >= 0.3 is 0 Å².